The summed E-state index contributed by atoms with van der Waals surface area (Å²) >= 11 is 5.78. The first kappa shape index (κ1) is 44.2. The molecule has 0 atom stereocenters. The van der Waals surface area contributed by atoms with Gasteiger partial charge in [-0.2, -0.15) is 0 Å². The minimum Gasteiger partial charge on any atom is -0.454 e. The lowest BCUT2D eigenvalue weighted by atomic mass is 9.83. The molecule has 68 heavy (non-hydrogen) atoms. The number of nitrogens with zero attached hydrogens (tertiary/aromatic N) is 2. The topological polar surface area (TPSA) is 210 Å². The lowest BCUT2D eigenvalue weighted by Crippen LogP contribution is -2.21. The van der Waals surface area contributed by atoms with E-state index >= 15 is 0 Å². The minimum absolute atomic E-state index is 0.141. The van der Waals surface area contributed by atoms with Crippen molar-refractivity contribution in [1.82, 2.24) is 25.3 Å². The summed E-state index contributed by atoms with van der Waals surface area (Å²) in [4.78, 5) is 66.6. The Bertz CT molecular complexity index is 3280. The van der Waals surface area contributed by atoms with E-state index in [2.05, 4.69) is 25.3 Å². The molecule has 3 aliphatic heterocycles. The number of imidazole rings is 2. The third-order valence-corrected chi connectivity index (χ3v) is 12.1. The number of carbonyl (C=O) groups excluding carboxylic acids is 4. The predicted molar refractivity (Wildman–Crippen MR) is 252 cm³/mol. The van der Waals surface area contributed by atoms with Crippen LogP contribution < -0.4 is 30.0 Å². The Morgan fingerprint density at radius 2 is 1.00 bits per heavy atom. The fraction of sp³-hybridized carbons (Fsp3) is 0.192. The van der Waals surface area contributed by atoms with Crippen LogP contribution in [-0.4, -0.2) is 69.9 Å². The number of fused-ring (bicyclic) bond motifs is 10. The molecule has 0 spiro atoms. The van der Waals surface area contributed by atoms with Crippen molar-refractivity contribution in [3.63, 3.8) is 0 Å². The number of aromatic nitrogens is 4. The molecule has 5 heterocycles. The number of nitrogens with two attached hydrogens (primary N) is 1. The van der Waals surface area contributed by atoms with Gasteiger partial charge in [0, 0.05) is 59.7 Å². The average molecular weight is 931 g/mol. The zero-order valence-electron chi connectivity index (χ0n) is 36.5. The number of hydrogen-bond donors (Lipinski definition) is 4. The summed E-state index contributed by atoms with van der Waals surface area (Å²) in [5.74, 6) is 4.00. The molecule has 5 N–H and O–H groups in total. The summed E-state index contributed by atoms with van der Waals surface area (Å²) < 4.78 is 26.0. The number of nitrogens with one attached hydrogen (secondary N) is 3. The SMILES string of the molecule is C1CCOC1.NCc1ccc2c(c1)OCO2.O=C1c2ccccc2C(=O)c2c1ccc1[nH]c(CCl)nc21.O=C1c2ccccc2C(=O)c2c1ccc1[nH]c(CNCc3ccc4c(c3)OCO4)nc21. The molecule has 342 valence electrons. The van der Waals surface area contributed by atoms with Crippen molar-refractivity contribution < 1.29 is 42.9 Å². The summed E-state index contributed by atoms with van der Waals surface area (Å²) in [6, 6.07) is 32.3. The van der Waals surface area contributed by atoms with Crippen LogP contribution in [0.5, 0.6) is 23.0 Å². The molecule has 0 radical (unpaired) electrons. The molecule has 13 rings (SSSR count). The molecule has 8 aromatic rings. The van der Waals surface area contributed by atoms with Gasteiger partial charge in [-0.25, -0.2) is 9.97 Å². The number of alkyl halides is 1. The Balaban J connectivity index is 0.000000124. The molecule has 0 unspecified atom stereocenters. The number of H-pyrrole nitrogens is 2. The molecule has 1 fully saturated rings. The quantitative estimate of drug-likeness (QED) is 0.116. The summed E-state index contributed by atoms with van der Waals surface area (Å²) in [5.41, 5.74) is 13.4. The number of halogens is 1. The van der Waals surface area contributed by atoms with Crippen molar-refractivity contribution in [3.05, 3.63) is 176 Å². The second-order valence-corrected chi connectivity index (χ2v) is 16.4. The van der Waals surface area contributed by atoms with E-state index in [9.17, 15) is 19.2 Å². The Morgan fingerprint density at radius 1 is 0.529 bits per heavy atom. The molecule has 16 heteroatoms. The standard InChI is InChI=1S/C24H17N3O4.C16H9ClN2O2.C8H9NO2.C4H8O/c28-23-14-3-1-2-4-15(14)24(29)21-16(23)6-7-17-22(21)27-20(26-17)11-25-10-13-5-8-18-19(9-13)31-12-30-18;17-7-12-18-11-6-5-10-13(14(11)19-12)16(21)9-4-2-1-3-8(9)15(10)20;9-4-6-1-2-7-8(3-6)11-5-10-7;1-2-4-5-3-1/h1-9,25H,10-12H2,(H,26,27);1-6H,7H2,(H,18,19);1-3H,4-5,9H2;1-4H2. The third kappa shape index (κ3) is 8.59. The Hall–Kier alpha value is -7.69. The van der Waals surface area contributed by atoms with Crippen molar-refractivity contribution in [1.29, 1.82) is 0 Å². The van der Waals surface area contributed by atoms with Crippen LogP contribution in [0.2, 0.25) is 0 Å². The van der Waals surface area contributed by atoms with Gasteiger partial charge < -0.3 is 44.7 Å². The maximum atomic E-state index is 13.1. The number of carbonyl (C=O) groups is 4. The molecule has 5 aliphatic rings. The Labute approximate surface area is 393 Å². The Morgan fingerprint density at radius 3 is 1.50 bits per heavy atom. The molecule has 1 saturated heterocycles. The molecule has 0 saturated carbocycles. The van der Waals surface area contributed by atoms with Gasteiger partial charge in [-0.15, -0.1) is 11.6 Å². The van der Waals surface area contributed by atoms with E-state index in [1.807, 2.05) is 42.5 Å². The van der Waals surface area contributed by atoms with Crippen LogP contribution in [0.3, 0.4) is 0 Å². The zero-order chi connectivity index (χ0) is 46.7. The van der Waals surface area contributed by atoms with Crippen LogP contribution in [0, 0.1) is 0 Å². The molecule has 6 aromatic carbocycles. The van der Waals surface area contributed by atoms with Crippen LogP contribution in [0.4, 0.5) is 0 Å². The maximum Gasteiger partial charge on any atom is 0.231 e. The van der Waals surface area contributed by atoms with Crippen molar-refractivity contribution in [2.24, 2.45) is 5.73 Å². The van der Waals surface area contributed by atoms with Gasteiger partial charge in [0.05, 0.1) is 34.6 Å². The summed E-state index contributed by atoms with van der Waals surface area (Å²) in [6.07, 6.45) is 2.56. The van der Waals surface area contributed by atoms with Gasteiger partial charge in [-0.1, -0.05) is 60.7 Å². The minimum atomic E-state index is -0.168. The van der Waals surface area contributed by atoms with Gasteiger partial charge in [0.25, 0.3) is 0 Å². The highest BCUT2D eigenvalue weighted by Crippen LogP contribution is 2.35. The third-order valence-electron chi connectivity index (χ3n) is 11.9. The predicted octanol–water partition coefficient (Wildman–Crippen LogP) is 8.10. The number of ether oxygens (including phenoxy) is 5. The van der Waals surface area contributed by atoms with E-state index in [1.165, 1.54) is 12.8 Å². The van der Waals surface area contributed by atoms with E-state index in [4.69, 9.17) is 41.0 Å². The maximum absolute atomic E-state index is 13.1. The van der Waals surface area contributed by atoms with E-state index < -0.39 is 0 Å². The second-order valence-electron chi connectivity index (χ2n) is 16.2. The first-order valence-corrected chi connectivity index (χ1v) is 22.5. The average Bonchev–Trinajstić information content (AvgIpc) is 4.25. The molecule has 2 aliphatic carbocycles. The highest BCUT2D eigenvalue weighted by Gasteiger charge is 2.33. The van der Waals surface area contributed by atoms with Crippen molar-refractivity contribution >= 4 is 56.8 Å². The summed E-state index contributed by atoms with van der Waals surface area (Å²) in [6.45, 7) is 4.22. The van der Waals surface area contributed by atoms with Crippen LogP contribution >= 0.6 is 11.6 Å². The lowest BCUT2D eigenvalue weighted by molar-refractivity contribution is 0.0980. The highest BCUT2D eigenvalue weighted by atomic mass is 35.5. The Kier molecular flexibility index (Phi) is 12.5. The number of rotatable bonds is 6. The highest BCUT2D eigenvalue weighted by molar-refractivity contribution is 6.32. The van der Waals surface area contributed by atoms with E-state index in [-0.39, 0.29) is 35.8 Å². The first-order chi connectivity index (χ1) is 33.3. The fourth-order valence-electron chi connectivity index (χ4n) is 8.51. The van der Waals surface area contributed by atoms with Crippen molar-refractivity contribution in [2.45, 2.75) is 38.4 Å². The van der Waals surface area contributed by atoms with Crippen LogP contribution in [-0.2, 0) is 30.3 Å². The van der Waals surface area contributed by atoms with Crippen molar-refractivity contribution in [3.8, 4) is 23.0 Å². The number of benzene rings is 6. The van der Waals surface area contributed by atoms with E-state index in [0.717, 1.165) is 52.9 Å². The van der Waals surface area contributed by atoms with Gasteiger partial charge in [0.2, 0.25) is 13.6 Å². The molecule has 0 bridgehead atoms. The van der Waals surface area contributed by atoms with Gasteiger partial charge in [0.15, 0.2) is 46.1 Å². The molecular weight excluding hydrogens is 888 g/mol. The number of ketones is 4. The zero-order valence-corrected chi connectivity index (χ0v) is 37.2. The first-order valence-electron chi connectivity index (χ1n) is 22.0. The second kappa shape index (κ2) is 19.3. The van der Waals surface area contributed by atoms with Gasteiger partial charge >= 0.3 is 0 Å². The normalized spacial score (nSPS) is 14.5. The monoisotopic (exact) mass is 930 g/mol. The fourth-order valence-corrected chi connectivity index (χ4v) is 8.64. The van der Waals surface area contributed by atoms with Gasteiger partial charge in [-0.3, -0.25) is 19.2 Å². The summed E-state index contributed by atoms with van der Waals surface area (Å²) in [5, 5.41) is 3.34. The van der Waals surface area contributed by atoms with Crippen LogP contribution in [0.15, 0.2) is 109 Å². The molecule has 0 amide bonds. The number of aromatic amines is 2. The molecular formula is C52H43ClN6O9. The lowest BCUT2D eigenvalue weighted by Gasteiger charge is -2.17. The largest absolute Gasteiger partial charge is 0.454 e. The van der Waals surface area contributed by atoms with Crippen molar-refractivity contribution in [2.75, 3.05) is 26.8 Å². The van der Waals surface area contributed by atoms with Gasteiger partial charge in [0.1, 0.15) is 22.7 Å². The molecule has 2 aromatic heterocycles. The van der Waals surface area contributed by atoms with E-state index in [1.54, 1.807) is 66.7 Å². The smallest absolute Gasteiger partial charge is 0.231 e. The van der Waals surface area contributed by atoms with Crippen LogP contribution in [0.25, 0.3) is 22.1 Å². The van der Waals surface area contributed by atoms with Crippen LogP contribution in [0.1, 0.15) is 99.3 Å². The number of hydrogen-bond acceptors (Lipinski definition) is 13. The van der Waals surface area contributed by atoms with E-state index in [0.29, 0.717) is 99.1 Å². The van der Waals surface area contributed by atoms with Gasteiger partial charge in [-0.05, 0) is 72.5 Å². The summed E-state index contributed by atoms with van der Waals surface area (Å²) in [7, 11) is 0. The molecule has 15 nitrogen and oxygen atoms in total.